The minimum absolute atomic E-state index is 0.316. The Morgan fingerprint density at radius 1 is 1.43 bits per heavy atom. The molecule has 0 aliphatic rings. The molecule has 1 amide bonds. The molecule has 0 saturated carbocycles. The second-order valence-corrected chi connectivity index (χ2v) is 6.75. The van der Waals surface area contributed by atoms with E-state index >= 15 is 0 Å². The van der Waals surface area contributed by atoms with E-state index in [0.29, 0.717) is 17.9 Å². The molecular formula is C16H13I2N3O2. The van der Waals surface area contributed by atoms with Gasteiger partial charge in [-0.15, -0.1) is 0 Å². The molecule has 0 radical (unpaired) electrons. The summed E-state index contributed by atoms with van der Waals surface area (Å²) in [5.74, 6) is 0.397. The molecule has 1 aromatic carbocycles. The number of halogens is 2. The number of aromatic nitrogens is 1. The van der Waals surface area contributed by atoms with Gasteiger partial charge in [-0.3, -0.25) is 9.78 Å². The minimum Gasteiger partial charge on any atom is -0.488 e. The first-order valence-electron chi connectivity index (χ1n) is 6.58. The third-order valence-corrected chi connectivity index (χ3v) is 4.10. The molecule has 23 heavy (non-hydrogen) atoms. The van der Waals surface area contributed by atoms with Crippen LogP contribution in [0.5, 0.6) is 5.75 Å². The van der Waals surface area contributed by atoms with Gasteiger partial charge in [0.05, 0.1) is 15.3 Å². The van der Waals surface area contributed by atoms with Gasteiger partial charge in [0.15, 0.2) is 0 Å². The normalized spacial score (nSPS) is 10.5. The number of hydrogen-bond donors (Lipinski definition) is 1. The Kier molecular flexibility index (Phi) is 6.96. The standard InChI is InChI=1S/C16H13I2N3O2/c1-2-6-23-15-12(7-13(17)8-14(15)18)10-20-21-16(22)11-4-3-5-19-9-11/h2-5,7-10H,1,6H2,(H,21,22)/b20-10-. The summed E-state index contributed by atoms with van der Waals surface area (Å²) >= 11 is 4.43. The van der Waals surface area contributed by atoms with Crippen molar-refractivity contribution in [2.24, 2.45) is 5.10 Å². The minimum atomic E-state index is -0.316. The molecule has 0 aliphatic heterocycles. The van der Waals surface area contributed by atoms with E-state index in [1.54, 1.807) is 30.6 Å². The predicted molar refractivity (Wildman–Crippen MR) is 107 cm³/mol. The maximum atomic E-state index is 11.9. The lowest BCUT2D eigenvalue weighted by atomic mass is 10.2. The number of rotatable bonds is 6. The molecule has 0 saturated heterocycles. The summed E-state index contributed by atoms with van der Waals surface area (Å²) in [6, 6.07) is 7.30. The number of ether oxygens (including phenoxy) is 1. The molecule has 1 aromatic heterocycles. The maximum absolute atomic E-state index is 11.9. The number of nitrogens with zero attached hydrogens (tertiary/aromatic N) is 2. The van der Waals surface area contributed by atoms with Crippen LogP contribution in [-0.4, -0.2) is 23.7 Å². The molecule has 118 valence electrons. The Morgan fingerprint density at radius 3 is 2.96 bits per heavy atom. The first-order chi connectivity index (χ1) is 11.1. The van der Waals surface area contributed by atoms with E-state index in [0.717, 1.165) is 12.7 Å². The average molecular weight is 533 g/mol. The number of nitrogens with one attached hydrogen (secondary N) is 1. The van der Waals surface area contributed by atoms with Gasteiger partial charge in [0.25, 0.3) is 5.91 Å². The van der Waals surface area contributed by atoms with Crippen LogP contribution in [0, 0.1) is 7.14 Å². The van der Waals surface area contributed by atoms with Crippen LogP contribution in [0.3, 0.4) is 0 Å². The predicted octanol–water partition coefficient (Wildman–Crippen LogP) is 3.62. The van der Waals surface area contributed by atoms with Crippen LogP contribution in [0.15, 0.2) is 54.4 Å². The van der Waals surface area contributed by atoms with E-state index in [4.69, 9.17) is 4.74 Å². The van der Waals surface area contributed by atoms with Crippen molar-refractivity contribution in [2.75, 3.05) is 6.61 Å². The number of hydrazone groups is 1. The van der Waals surface area contributed by atoms with Crippen LogP contribution in [0.2, 0.25) is 0 Å². The highest BCUT2D eigenvalue weighted by atomic mass is 127. The summed E-state index contributed by atoms with van der Waals surface area (Å²) in [5, 5.41) is 4.00. The fraction of sp³-hybridized carbons (Fsp3) is 0.0625. The summed E-state index contributed by atoms with van der Waals surface area (Å²) in [6.45, 7) is 4.05. The van der Waals surface area contributed by atoms with E-state index in [2.05, 4.69) is 67.3 Å². The van der Waals surface area contributed by atoms with Crippen molar-refractivity contribution in [2.45, 2.75) is 0 Å². The highest BCUT2D eigenvalue weighted by Gasteiger charge is 2.09. The molecule has 0 aliphatic carbocycles. The van der Waals surface area contributed by atoms with Crippen molar-refractivity contribution in [1.29, 1.82) is 0 Å². The van der Waals surface area contributed by atoms with Crippen molar-refractivity contribution >= 4 is 57.3 Å². The summed E-state index contributed by atoms with van der Waals surface area (Å²) in [7, 11) is 0. The van der Waals surface area contributed by atoms with Crippen molar-refractivity contribution in [3.63, 3.8) is 0 Å². The third-order valence-electron chi connectivity index (χ3n) is 2.68. The molecule has 0 fully saturated rings. The van der Waals surface area contributed by atoms with E-state index in [-0.39, 0.29) is 5.91 Å². The quantitative estimate of drug-likeness (QED) is 0.267. The van der Waals surface area contributed by atoms with Crippen LogP contribution >= 0.6 is 45.2 Å². The van der Waals surface area contributed by atoms with Crippen LogP contribution in [0.4, 0.5) is 0 Å². The first-order valence-corrected chi connectivity index (χ1v) is 8.73. The van der Waals surface area contributed by atoms with Crippen molar-refractivity contribution in [3.8, 4) is 5.75 Å². The second kappa shape index (κ2) is 8.96. The molecule has 5 nitrogen and oxygen atoms in total. The number of carbonyl (C=O) groups excluding carboxylic acids is 1. The zero-order valence-electron chi connectivity index (χ0n) is 12.0. The lowest BCUT2D eigenvalue weighted by Gasteiger charge is -2.10. The van der Waals surface area contributed by atoms with Gasteiger partial charge in [-0.25, -0.2) is 5.43 Å². The van der Waals surface area contributed by atoms with Crippen LogP contribution < -0.4 is 10.2 Å². The fourth-order valence-electron chi connectivity index (χ4n) is 1.69. The third kappa shape index (κ3) is 5.27. The Hall–Kier alpha value is -1.49. The van der Waals surface area contributed by atoms with Crippen molar-refractivity contribution in [3.05, 3.63) is 67.6 Å². The molecule has 0 bridgehead atoms. The molecule has 0 atom stereocenters. The Bertz CT molecular complexity index is 734. The van der Waals surface area contributed by atoms with Gasteiger partial charge < -0.3 is 4.74 Å². The van der Waals surface area contributed by atoms with Crippen LogP contribution in [-0.2, 0) is 0 Å². The summed E-state index contributed by atoms with van der Waals surface area (Å²) in [5.41, 5.74) is 3.72. The van der Waals surface area contributed by atoms with Crippen molar-refractivity contribution < 1.29 is 9.53 Å². The van der Waals surface area contributed by atoms with Gasteiger partial charge in [-0.1, -0.05) is 12.7 Å². The number of amides is 1. The van der Waals surface area contributed by atoms with E-state index < -0.39 is 0 Å². The second-order valence-electron chi connectivity index (χ2n) is 4.35. The molecule has 2 rings (SSSR count). The molecule has 0 unspecified atom stereocenters. The highest BCUT2D eigenvalue weighted by molar-refractivity contribution is 14.1. The van der Waals surface area contributed by atoms with Crippen LogP contribution in [0.1, 0.15) is 15.9 Å². The summed E-state index contributed by atoms with van der Waals surface area (Å²) < 4.78 is 7.69. The van der Waals surface area contributed by atoms with Gasteiger partial charge in [0.1, 0.15) is 12.4 Å². The largest absolute Gasteiger partial charge is 0.488 e. The van der Waals surface area contributed by atoms with Crippen molar-refractivity contribution in [1.82, 2.24) is 10.4 Å². The first kappa shape index (κ1) is 17.9. The summed E-state index contributed by atoms with van der Waals surface area (Å²) in [6.07, 6.45) is 6.34. The van der Waals surface area contributed by atoms with E-state index in [1.165, 1.54) is 6.20 Å². The zero-order valence-corrected chi connectivity index (χ0v) is 16.3. The zero-order chi connectivity index (χ0) is 16.7. The molecule has 7 heteroatoms. The smallest absolute Gasteiger partial charge is 0.272 e. The van der Waals surface area contributed by atoms with E-state index in [9.17, 15) is 4.79 Å². The number of pyridine rings is 1. The monoisotopic (exact) mass is 533 g/mol. The van der Waals surface area contributed by atoms with Gasteiger partial charge in [-0.2, -0.15) is 5.10 Å². The molecule has 2 aromatic rings. The molecular weight excluding hydrogens is 520 g/mol. The SMILES string of the molecule is C=CCOc1c(I)cc(I)cc1/C=N\NC(=O)c1cccnc1. The molecule has 1 N–H and O–H groups in total. The van der Waals surface area contributed by atoms with Gasteiger partial charge in [0, 0.05) is 21.5 Å². The lowest BCUT2D eigenvalue weighted by molar-refractivity contribution is 0.0955. The van der Waals surface area contributed by atoms with Crippen LogP contribution in [0.25, 0.3) is 0 Å². The summed E-state index contributed by atoms with van der Waals surface area (Å²) in [4.78, 5) is 15.8. The average Bonchev–Trinajstić information content (AvgIpc) is 2.54. The molecule has 0 spiro atoms. The lowest BCUT2D eigenvalue weighted by Crippen LogP contribution is -2.17. The Balaban J connectivity index is 2.15. The topological polar surface area (TPSA) is 63.6 Å². The van der Waals surface area contributed by atoms with E-state index in [1.807, 2.05) is 12.1 Å². The molecule has 1 heterocycles. The van der Waals surface area contributed by atoms with Gasteiger partial charge in [-0.05, 0) is 69.4 Å². The number of hydrogen-bond acceptors (Lipinski definition) is 4. The highest BCUT2D eigenvalue weighted by Crippen LogP contribution is 2.27. The Morgan fingerprint density at radius 2 is 2.26 bits per heavy atom. The van der Waals surface area contributed by atoms with Gasteiger partial charge >= 0.3 is 0 Å². The fourth-order valence-corrected chi connectivity index (χ4v) is 3.74. The maximum Gasteiger partial charge on any atom is 0.272 e. The number of carbonyl (C=O) groups is 1. The number of benzene rings is 1. The van der Waals surface area contributed by atoms with Gasteiger partial charge in [0.2, 0.25) is 0 Å². The Labute approximate surface area is 161 Å².